The fraction of sp³-hybridized carbons (Fsp3) is 0.348. The van der Waals surface area contributed by atoms with Crippen molar-refractivity contribution in [3.8, 4) is 0 Å². The summed E-state index contributed by atoms with van der Waals surface area (Å²) in [6, 6.07) is 13.7. The lowest BCUT2D eigenvalue weighted by Crippen LogP contribution is -2.26. The minimum absolute atomic E-state index is 0.0588. The Morgan fingerprint density at radius 2 is 1.79 bits per heavy atom. The number of sulfonamides is 1. The third kappa shape index (κ3) is 5.63. The van der Waals surface area contributed by atoms with Gasteiger partial charge in [-0.05, 0) is 49.1 Å². The zero-order valence-corrected chi connectivity index (χ0v) is 19.8. The van der Waals surface area contributed by atoms with E-state index in [1.54, 1.807) is 22.8 Å². The fourth-order valence-corrected chi connectivity index (χ4v) is 5.37. The average molecular weight is 487 g/mol. The molecule has 174 valence electrons. The van der Waals surface area contributed by atoms with Crippen LogP contribution in [0.3, 0.4) is 0 Å². The Kier molecular flexibility index (Phi) is 7.16. The maximum atomic E-state index is 13.2. The van der Waals surface area contributed by atoms with Crippen LogP contribution in [0.5, 0.6) is 0 Å². The van der Waals surface area contributed by atoms with Crippen molar-refractivity contribution in [1.82, 2.24) is 14.5 Å². The summed E-state index contributed by atoms with van der Waals surface area (Å²) in [7, 11) is -3.74. The summed E-state index contributed by atoms with van der Waals surface area (Å²) in [6.07, 6.45) is 2.93. The second-order valence-electron chi connectivity index (χ2n) is 7.99. The largest absolute Gasteiger partial charge is 0.343 e. The molecule has 0 unspecified atom stereocenters. The summed E-state index contributed by atoms with van der Waals surface area (Å²) >= 11 is 1.52. The summed E-state index contributed by atoms with van der Waals surface area (Å²) in [4.78, 5) is 31.7. The van der Waals surface area contributed by atoms with Crippen LogP contribution >= 0.6 is 11.8 Å². The Balaban J connectivity index is 1.50. The molecule has 0 atom stereocenters. The van der Waals surface area contributed by atoms with E-state index in [0.29, 0.717) is 35.4 Å². The third-order valence-electron chi connectivity index (χ3n) is 5.68. The molecule has 2 aromatic carbocycles. The first kappa shape index (κ1) is 23.5. The number of rotatable bonds is 9. The Morgan fingerprint density at radius 1 is 1.03 bits per heavy atom. The number of carbonyl (C=O) groups excluding carboxylic acids is 1. The van der Waals surface area contributed by atoms with Gasteiger partial charge in [0.25, 0.3) is 5.56 Å². The number of hydrogen-bond acceptors (Lipinski definition) is 6. The number of aryl methyl sites for hydroxylation is 1. The highest BCUT2D eigenvalue weighted by Crippen LogP contribution is 2.20. The number of thioether (sulfide) groups is 1. The van der Waals surface area contributed by atoms with Gasteiger partial charge in [-0.1, -0.05) is 36.0 Å². The van der Waals surface area contributed by atoms with Crippen LogP contribution in [-0.2, 0) is 27.8 Å². The molecule has 10 heteroatoms. The van der Waals surface area contributed by atoms with E-state index >= 15 is 0 Å². The van der Waals surface area contributed by atoms with Crippen LogP contribution in [0.2, 0.25) is 0 Å². The number of fused-ring (bicyclic) bond motifs is 1. The Bertz CT molecular complexity index is 1320. The van der Waals surface area contributed by atoms with Crippen LogP contribution in [0.25, 0.3) is 10.9 Å². The van der Waals surface area contributed by atoms with Crippen LogP contribution in [0.1, 0.15) is 24.8 Å². The van der Waals surface area contributed by atoms with Gasteiger partial charge < -0.3 is 4.90 Å². The number of nitrogens with two attached hydrogens (primary N) is 1. The van der Waals surface area contributed by atoms with Gasteiger partial charge >= 0.3 is 0 Å². The highest BCUT2D eigenvalue weighted by molar-refractivity contribution is 7.99. The van der Waals surface area contributed by atoms with Crippen LogP contribution < -0.4 is 10.7 Å². The maximum absolute atomic E-state index is 13.2. The van der Waals surface area contributed by atoms with Crippen molar-refractivity contribution >= 4 is 38.6 Å². The highest BCUT2D eigenvalue weighted by Gasteiger charge is 2.19. The predicted molar refractivity (Wildman–Crippen MR) is 129 cm³/mol. The molecule has 8 nitrogen and oxygen atoms in total. The molecule has 1 amide bonds. The second-order valence-corrected chi connectivity index (χ2v) is 10.6. The molecule has 33 heavy (non-hydrogen) atoms. The van der Waals surface area contributed by atoms with E-state index in [-0.39, 0.29) is 16.4 Å². The molecule has 0 radical (unpaired) electrons. The van der Waals surface area contributed by atoms with Gasteiger partial charge in [-0.25, -0.2) is 18.5 Å². The molecule has 1 aliphatic rings. The third-order valence-corrected chi connectivity index (χ3v) is 7.67. The normalized spacial score (nSPS) is 14.3. The molecule has 3 aromatic rings. The van der Waals surface area contributed by atoms with E-state index in [9.17, 15) is 18.0 Å². The van der Waals surface area contributed by atoms with Crippen molar-refractivity contribution < 1.29 is 13.2 Å². The van der Waals surface area contributed by atoms with E-state index in [2.05, 4.69) is 0 Å². The molecule has 1 saturated heterocycles. The molecule has 1 aliphatic heterocycles. The summed E-state index contributed by atoms with van der Waals surface area (Å²) < 4.78 is 24.6. The minimum Gasteiger partial charge on any atom is -0.343 e. The van der Waals surface area contributed by atoms with Gasteiger partial charge in [0.2, 0.25) is 15.9 Å². The maximum Gasteiger partial charge on any atom is 0.262 e. The van der Waals surface area contributed by atoms with Gasteiger partial charge in [-0.3, -0.25) is 14.2 Å². The van der Waals surface area contributed by atoms with Crippen LogP contribution in [-0.4, -0.2) is 47.6 Å². The number of hydrogen-bond donors (Lipinski definition) is 1. The first-order valence-electron chi connectivity index (χ1n) is 10.8. The molecule has 1 fully saturated rings. The number of aromatic nitrogens is 2. The van der Waals surface area contributed by atoms with Crippen molar-refractivity contribution in [2.45, 2.75) is 42.3 Å². The summed E-state index contributed by atoms with van der Waals surface area (Å²) in [5, 5.41) is 6.37. The lowest BCUT2D eigenvalue weighted by atomic mass is 10.1. The first-order valence-corrected chi connectivity index (χ1v) is 13.4. The smallest absolute Gasteiger partial charge is 0.262 e. The van der Waals surface area contributed by atoms with Crippen LogP contribution in [0.15, 0.2) is 63.4 Å². The quantitative estimate of drug-likeness (QED) is 0.282. The van der Waals surface area contributed by atoms with Gasteiger partial charge in [0.05, 0.1) is 15.8 Å². The molecule has 2 N–H and O–H groups in total. The number of primary sulfonamides is 1. The standard InChI is InChI=1S/C23H26N4O4S2/c24-33(30,31)18-10-8-17(9-11-18)12-15-27-22(29)19-5-1-2-6-20(19)25-23(27)32-16-4-14-26-13-3-7-21(26)28/h1-2,5-6,8-11H,3-4,7,12-16H2,(H2,24,30,31). The molecule has 0 bridgehead atoms. The Hall–Kier alpha value is -2.69. The van der Waals surface area contributed by atoms with Gasteiger partial charge in [-0.15, -0.1) is 0 Å². The van der Waals surface area contributed by atoms with E-state index in [4.69, 9.17) is 10.1 Å². The second kappa shape index (κ2) is 10.1. The number of likely N-dealkylation sites (tertiary alicyclic amines) is 1. The van der Waals surface area contributed by atoms with Crippen molar-refractivity contribution in [3.63, 3.8) is 0 Å². The SMILES string of the molecule is NS(=O)(=O)c1ccc(CCn2c(SCCCN3CCCC3=O)nc3ccccc3c2=O)cc1. The molecular formula is C23H26N4O4S2. The fourth-order valence-electron chi connectivity index (χ4n) is 3.90. The van der Waals surface area contributed by atoms with E-state index < -0.39 is 10.0 Å². The van der Waals surface area contributed by atoms with E-state index in [1.807, 2.05) is 23.1 Å². The van der Waals surface area contributed by atoms with Gasteiger partial charge in [0, 0.05) is 31.8 Å². The topological polar surface area (TPSA) is 115 Å². The first-order chi connectivity index (χ1) is 15.8. The van der Waals surface area contributed by atoms with Crippen molar-refractivity contribution in [1.29, 1.82) is 0 Å². The molecule has 2 heterocycles. The number of amides is 1. The van der Waals surface area contributed by atoms with Crippen LogP contribution in [0.4, 0.5) is 0 Å². The average Bonchev–Trinajstić information content (AvgIpc) is 3.20. The van der Waals surface area contributed by atoms with E-state index in [1.165, 1.54) is 23.9 Å². The number of carbonyl (C=O) groups is 1. The lowest BCUT2D eigenvalue weighted by molar-refractivity contribution is -0.127. The van der Waals surface area contributed by atoms with Gasteiger partial charge in [0.1, 0.15) is 0 Å². The molecular weight excluding hydrogens is 460 g/mol. The van der Waals surface area contributed by atoms with Crippen LogP contribution in [0, 0.1) is 0 Å². The monoisotopic (exact) mass is 486 g/mol. The molecule has 1 aromatic heterocycles. The lowest BCUT2D eigenvalue weighted by Gasteiger charge is -2.16. The molecule has 0 saturated carbocycles. The summed E-state index contributed by atoms with van der Waals surface area (Å²) in [5.74, 6) is 0.964. The molecule has 0 aliphatic carbocycles. The zero-order valence-electron chi connectivity index (χ0n) is 18.1. The Labute approximate surface area is 196 Å². The summed E-state index contributed by atoms with van der Waals surface area (Å²) in [6.45, 7) is 1.96. The van der Waals surface area contributed by atoms with E-state index in [0.717, 1.165) is 37.2 Å². The van der Waals surface area contributed by atoms with Crippen molar-refractivity contribution in [2.75, 3.05) is 18.8 Å². The summed E-state index contributed by atoms with van der Waals surface area (Å²) in [5.41, 5.74) is 1.46. The van der Waals surface area contributed by atoms with Gasteiger partial charge in [-0.2, -0.15) is 0 Å². The molecule has 4 rings (SSSR count). The number of benzene rings is 2. The minimum atomic E-state index is -3.74. The number of para-hydroxylation sites is 1. The molecule has 0 spiro atoms. The highest BCUT2D eigenvalue weighted by atomic mass is 32.2. The van der Waals surface area contributed by atoms with Crippen molar-refractivity contribution in [3.05, 3.63) is 64.4 Å². The Morgan fingerprint density at radius 3 is 2.48 bits per heavy atom. The number of nitrogens with zero attached hydrogens (tertiary/aromatic N) is 3. The van der Waals surface area contributed by atoms with Gasteiger partial charge in [0.15, 0.2) is 5.16 Å². The van der Waals surface area contributed by atoms with Crippen molar-refractivity contribution in [2.24, 2.45) is 5.14 Å². The predicted octanol–water partition coefficient (Wildman–Crippen LogP) is 2.39. The zero-order chi connectivity index (χ0) is 23.4.